The van der Waals surface area contributed by atoms with Crippen LogP contribution in [0, 0.1) is 5.41 Å². The minimum atomic E-state index is -0.151. The summed E-state index contributed by atoms with van der Waals surface area (Å²) in [5, 5.41) is 0.585. The Labute approximate surface area is 89.4 Å². The molecule has 1 saturated heterocycles. The molecule has 0 aromatic heterocycles. The third-order valence-corrected chi connectivity index (χ3v) is 4.36. The van der Waals surface area contributed by atoms with Crippen LogP contribution in [0.3, 0.4) is 0 Å². The maximum Gasteiger partial charge on any atom is 0.230 e. The standard InChI is InChI=1S/C10H18N2OS/c1-8-6-12(4-5-14-8)9(13)10(7-11)2-3-10/h8H,2-7,11H2,1H3. The lowest BCUT2D eigenvalue weighted by atomic mass is 10.1. The third-order valence-electron chi connectivity index (χ3n) is 3.23. The van der Waals surface area contributed by atoms with Crippen LogP contribution < -0.4 is 5.73 Å². The maximum atomic E-state index is 12.1. The van der Waals surface area contributed by atoms with E-state index in [0.29, 0.717) is 17.7 Å². The van der Waals surface area contributed by atoms with E-state index >= 15 is 0 Å². The zero-order chi connectivity index (χ0) is 10.2. The summed E-state index contributed by atoms with van der Waals surface area (Å²) in [6.45, 7) is 4.54. The van der Waals surface area contributed by atoms with Crippen molar-refractivity contribution >= 4 is 17.7 Å². The van der Waals surface area contributed by atoms with Gasteiger partial charge in [0, 0.05) is 30.6 Å². The average Bonchev–Trinajstić information content (AvgIpc) is 2.97. The summed E-state index contributed by atoms with van der Waals surface area (Å²) in [5.74, 6) is 1.39. The van der Waals surface area contributed by atoms with E-state index in [-0.39, 0.29) is 5.41 Å². The Morgan fingerprint density at radius 3 is 2.86 bits per heavy atom. The highest BCUT2D eigenvalue weighted by atomic mass is 32.2. The molecule has 2 aliphatic rings. The van der Waals surface area contributed by atoms with Gasteiger partial charge in [-0.3, -0.25) is 4.79 Å². The Hall–Kier alpha value is -0.220. The van der Waals surface area contributed by atoms with Crippen molar-refractivity contribution in [1.29, 1.82) is 0 Å². The summed E-state index contributed by atoms with van der Waals surface area (Å²) in [6, 6.07) is 0. The van der Waals surface area contributed by atoms with Crippen LogP contribution in [0.1, 0.15) is 19.8 Å². The topological polar surface area (TPSA) is 46.3 Å². The summed E-state index contributed by atoms with van der Waals surface area (Å²) in [4.78, 5) is 14.1. The van der Waals surface area contributed by atoms with Crippen molar-refractivity contribution in [3.63, 3.8) is 0 Å². The second-order valence-electron chi connectivity index (χ2n) is 4.42. The number of hydrogen-bond acceptors (Lipinski definition) is 3. The number of rotatable bonds is 2. The monoisotopic (exact) mass is 214 g/mol. The highest BCUT2D eigenvalue weighted by Crippen LogP contribution is 2.46. The molecule has 1 aliphatic heterocycles. The molecule has 1 saturated carbocycles. The Balaban J connectivity index is 1.97. The van der Waals surface area contributed by atoms with Gasteiger partial charge in [-0.25, -0.2) is 0 Å². The molecule has 0 aromatic carbocycles. The van der Waals surface area contributed by atoms with Gasteiger partial charge in [-0.2, -0.15) is 11.8 Å². The average molecular weight is 214 g/mol. The molecule has 80 valence electrons. The molecule has 0 spiro atoms. The van der Waals surface area contributed by atoms with Gasteiger partial charge in [0.25, 0.3) is 0 Å². The van der Waals surface area contributed by atoms with Crippen molar-refractivity contribution in [1.82, 2.24) is 4.90 Å². The van der Waals surface area contributed by atoms with Crippen molar-refractivity contribution in [3.05, 3.63) is 0 Å². The second kappa shape index (κ2) is 3.74. The molecule has 2 fully saturated rings. The zero-order valence-corrected chi connectivity index (χ0v) is 9.48. The van der Waals surface area contributed by atoms with Gasteiger partial charge in [-0.05, 0) is 12.8 Å². The van der Waals surface area contributed by atoms with Gasteiger partial charge in [-0.1, -0.05) is 6.92 Å². The predicted molar refractivity (Wildman–Crippen MR) is 59.2 cm³/mol. The van der Waals surface area contributed by atoms with E-state index in [2.05, 4.69) is 6.92 Å². The van der Waals surface area contributed by atoms with Crippen LogP contribution >= 0.6 is 11.8 Å². The fourth-order valence-electron chi connectivity index (χ4n) is 1.99. The summed E-state index contributed by atoms with van der Waals surface area (Å²) in [5.41, 5.74) is 5.51. The van der Waals surface area contributed by atoms with Crippen molar-refractivity contribution in [2.24, 2.45) is 11.1 Å². The van der Waals surface area contributed by atoms with E-state index in [0.717, 1.165) is 31.7 Å². The fourth-order valence-corrected chi connectivity index (χ4v) is 3.01. The molecule has 2 rings (SSSR count). The van der Waals surface area contributed by atoms with Crippen molar-refractivity contribution in [2.45, 2.75) is 25.0 Å². The molecule has 1 atom stereocenters. The first-order valence-corrected chi connectivity index (χ1v) is 6.34. The maximum absolute atomic E-state index is 12.1. The number of nitrogens with zero attached hydrogens (tertiary/aromatic N) is 1. The quantitative estimate of drug-likeness (QED) is 0.735. The number of carbonyl (C=O) groups excluding carboxylic acids is 1. The highest BCUT2D eigenvalue weighted by Gasteiger charge is 2.50. The van der Waals surface area contributed by atoms with Crippen LogP contribution in [0.4, 0.5) is 0 Å². The molecule has 1 amide bonds. The SMILES string of the molecule is CC1CN(C(=O)C2(CN)CC2)CCS1. The van der Waals surface area contributed by atoms with E-state index in [1.807, 2.05) is 16.7 Å². The van der Waals surface area contributed by atoms with Crippen LogP contribution in [0.15, 0.2) is 0 Å². The van der Waals surface area contributed by atoms with Crippen LogP contribution in [0.25, 0.3) is 0 Å². The molecular weight excluding hydrogens is 196 g/mol. The number of hydrogen-bond donors (Lipinski definition) is 1. The molecule has 2 N–H and O–H groups in total. The molecule has 3 nitrogen and oxygen atoms in total. The first-order valence-electron chi connectivity index (χ1n) is 5.29. The van der Waals surface area contributed by atoms with E-state index in [1.165, 1.54) is 0 Å². The Morgan fingerprint density at radius 2 is 2.36 bits per heavy atom. The van der Waals surface area contributed by atoms with Gasteiger partial charge in [0.05, 0.1) is 5.41 Å². The largest absolute Gasteiger partial charge is 0.340 e. The molecule has 0 radical (unpaired) electrons. The summed E-state index contributed by atoms with van der Waals surface area (Å²) >= 11 is 1.95. The lowest BCUT2D eigenvalue weighted by molar-refractivity contribution is -0.136. The van der Waals surface area contributed by atoms with Crippen molar-refractivity contribution in [3.8, 4) is 0 Å². The number of carbonyl (C=O) groups is 1. The molecule has 0 aromatic rings. The first kappa shape index (κ1) is 10.3. The van der Waals surface area contributed by atoms with E-state index in [4.69, 9.17) is 5.73 Å². The van der Waals surface area contributed by atoms with Crippen LogP contribution in [-0.2, 0) is 4.79 Å². The van der Waals surface area contributed by atoms with E-state index < -0.39 is 0 Å². The smallest absolute Gasteiger partial charge is 0.230 e. The van der Waals surface area contributed by atoms with Gasteiger partial charge < -0.3 is 10.6 Å². The van der Waals surface area contributed by atoms with Gasteiger partial charge in [0.15, 0.2) is 0 Å². The molecule has 4 heteroatoms. The van der Waals surface area contributed by atoms with Crippen LogP contribution in [0.2, 0.25) is 0 Å². The normalized spacial score (nSPS) is 30.1. The number of amides is 1. The molecular formula is C10H18N2OS. The van der Waals surface area contributed by atoms with Gasteiger partial charge in [0.2, 0.25) is 5.91 Å². The molecule has 0 bridgehead atoms. The lowest BCUT2D eigenvalue weighted by Gasteiger charge is -2.33. The van der Waals surface area contributed by atoms with Gasteiger partial charge in [0.1, 0.15) is 0 Å². The lowest BCUT2D eigenvalue weighted by Crippen LogP contribution is -2.46. The Morgan fingerprint density at radius 1 is 1.64 bits per heavy atom. The predicted octanol–water partition coefficient (Wildman–Crippen LogP) is 0.689. The van der Waals surface area contributed by atoms with Gasteiger partial charge in [-0.15, -0.1) is 0 Å². The Kier molecular flexibility index (Phi) is 2.75. The first-order chi connectivity index (χ1) is 6.68. The molecule has 14 heavy (non-hydrogen) atoms. The fraction of sp³-hybridized carbons (Fsp3) is 0.900. The van der Waals surface area contributed by atoms with Crippen molar-refractivity contribution < 1.29 is 4.79 Å². The second-order valence-corrected chi connectivity index (χ2v) is 5.96. The van der Waals surface area contributed by atoms with Gasteiger partial charge >= 0.3 is 0 Å². The van der Waals surface area contributed by atoms with E-state index in [9.17, 15) is 4.79 Å². The number of nitrogens with two attached hydrogens (primary N) is 1. The summed E-state index contributed by atoms with van der Waals surface area (Å²) in [6.07, 6.45) is 2.00. The summed E-state index contributed by atoms with van der Waals surface area (Å²) in [7, 11) is 0. The number of thioether (sulfide) groups is 1. The third kappa shape index (κ3) is 1.77. The van der Waals surface area contributed by atoms with Crippen molar-refractivity contribution in [2.75, 3.05) is 25.4 Å². The molecule has 1 aliphatic carbocycles. The minimum Gasteiger partial charge on any atom is -0.340 e. The molecule has 1 heterocycles. The minimum absolute atomic E-state index is 0.151. The van der Waals surface area contributed by atoms with Crippen LogP contribution in [0.5, 0.6) is 0 Å². The molecule has 1 unspecified atom stereocenters. The van der Waals surface area contributed by atoms with Crippen LogP contribution in [-0.4, -0.2) is 41.4 Å². The Bertz CT molecular complexity index is 240. The zero-order valence-electron chi connectivity index (χ0n) is 8.66. The van der Waals surface area contributed by atoms with E-state index in [1.54, 1.807) is 0 Å². The summed E-state index contributed by atoms with van der Waals surface area (Å²) < 4.78 is 0. The highest BCUT2D eigenvalue weighted by molar-refractivity contribution is 7.99.